The molecule has 0 amide bonds. The van der Waals surface area contributed by atoms with Gasteiger partial charge in [0.25, 0.3) is 0 Å². The first kappa shape index (κ1) is 55.2. The maximum Gasteiger partial charge on any atom is 0.0479 e. The van der Waals surface area contributed by atoms with Crippen LogP contribution < -0.4 is 0 Å². The summed E-state index contributed by atoms with van der Waals surface area (Å²) in [7, 11) is -0.101. The van der Waals surface area contributed by atoms with Crippen molar-refractivity contribution in [2.75, 3.05) is 0 Å². The summed E-state index contributed by atoms with van der Waals surface area (Å²) in [6, 6.07) is 4.92. The molecular formula is C54H111Si. The molecule has 0 saturated carbocycles. The third-order valence-corrected chi connectivity index (χ3v) is 16.3. The van der Waals surface area contributed by atoms with Gasteiger partial charge in [-0.2, -0.15) is 0 Å². The summed E-state index contributed by atoms with van der Waals surface area (Å²) in [6.07, 6.45) is 71.6. The van der Waals surface area contributed by atoms with Crippen molar-refractivity contribution in [1.29, 1.82) is 0 Å². The highest BCUT2D eigenvalue weighted by Gasteiger charge is 2.11. The lowest BCUT2D eigenvalue weighted by molar-refractivity contribution is 0.530. The van der Waals surface area contributed by atoms with E-state index < -0.39 is 0 Å². The van der Waals surface area contributed by atoms with Crippen LogP contribution >= 0.6 is 0 Å². The molecule has 0 spiro atoms. The molecule has 55 heavy (non-hydrogen) atoms. The minimum atomic E-state index is -0.101. The van der Waals surface area contributed by atoms with Gasteiger partial charge in [0.1, 0.15) is 0 Å². The van der Waals surface area contributed by atoms with Crippen molar-refractivity contribution in [3.05, 3.63) is 0 Å². The summed E-state index contributed by atoms with van der Waals surface area (Å²) in [6.45, 7) is 6.97. The molecule has 0 unspecified atom stereocenters. The van der Waals surface area contributed by atoms with Gasteiger partial charge in [-0.25, -0.2) is 0 Å². The minimum Gasteiger partial charge on any atom is -0.0654 e. The topological polar surface area (TPSA) is 0 Å². The quantitative estimate of drug-likeness (QED) is 0.0425. The highest BCUT2D eigenvalue weighted by molar-refractivity contribution is 6.58. The molecule has 0 aliphatic heterocycles. The molecule has 1 radical (unpaired) electrons. The summed E-state index contributed by atoms with van der Waals surface area (Å²) >= 11 is 0. The largest absolute Gasteiger partial charge is 0.0654 e. The fraction of sp³-hybridized carbons (Fsp3) is 1.00. The van der Waals surface area contributed by atoms with Crippen LogP contribution in [0.3, 0.4) is 0 Å². The molecule has 0 nitrogen and oxygen atoms in total. The molecule has 0 rings (SSSR count). The van der Waals surface area contributed by atoms with Crippen molar-refractivity contribution in [3.8, 4) is 0 Å². The van der Waals surface area contributed by atoms with E-state index in [1.54, 1.807) is 37.4 Å². The maximum atomic E-state index is 2.32. The predicted molar refractivity (Wildman–Crippen MR) is 259 cm³/mol. The zero-order valence-electron chi connectivity index (χ0n) is 39.6. The van der Waals surface area contributed by atoms with Gasteiger partial charge >= 0.3 is 0 Å². The Morgan fingerprint density at radius 1 is 0.145 bits per heavy atom. The van der Waals surface area contributed by atoms with Gasteiger partial charge in [0.15, 0.2) is 0 Å². The van der Waals surface area contributed by atoms with Crippen LogP contribution in [0.25, 0.3) is 0 Å². The monoisotopic (exact) mass is 788 g/mol. The fourth-order valence-corrected chi connectivity index (χ4v) is 12.1. The van der Waals surface area contributed by atoms with Crippen LogP contribution in [0.4, 0.5) is 0 Å². The molecule has 1 heteroatoms. The van der Waals surface area contributed by atoms with Crippen LogP contribution in [-0.2, 0) is 0 Å². The first-order chi connectivity index (χ1) is 27.3. The van der Waals surface area contributed by atoms with Crippen molar-refractivity contribution in [3.63, 3.8) is 0 Å². The average molecular weight is 789 g/mol. The molecule has 331 valence electrons. The Morgan fingerprint density at radius 3 is 0.382 bits per heavy atom. The van der Waals surface area contributed by atoms with E-state index in [0.717, 1.165) is 0 Å². The maximum absolute atomic E-state index is 2.32. The Balaban J connectivity index is 3.94. The van der Waals surface area contributed by atoms with Crippen molar-refractivity contribution < 1.29 is 0 Å². The van der Waals surface area contributed by atoms with E-state index in [0.29, 0.717) is 0 Å². The lowest BCUT2D eigenvalue weighted by atomic mass is 10.0. The Morgan fingerprint density at radius 2 is 0.255 bits per heavy atom. The lowest BCUT2D eigenvalue weighted by Gasteiger charge is -2.15. The fourth-order valence-electron chi connectivity index (χ4n) is 9.14. The van der Waals surface area contributed by atoms with E-state index in [2.05, 4.69) is 20.8 Å². The highest BCUT2D eigenvalue weighted by atomic mass is 28.3. The third-order valence-electron chi connectivity index (χ3n) is 13.2. The normalized spacial score (nSPS) is 11.8. The van der Waals surface area contributed by atoms with Crippen molar-refractivity contribution in [2.24, 2.45) is 0 Å². The smallest absolute Gasteiger partial charge is 0.0479 e. The van der Waals surface area contributed by atoms with Crippen LogP contribution in [0, 0.1) is 0 Å². The Hall–Kier alpha value is 0.217. The van der Waals surface area contributed by atoms with E-state index in [-0.39, 0.29) is 8.80 Å². The van der Waals surface area contributed by atoms with E-state index in [4.69, 9.17) is 0 Å². The molecule has 0 aromatic heterocycles. The van der Waals surface area contributed by atoms with Crippen molar-refractivity contribution in [2.45, 2.75) is 347 Å². The van der Waals surface area contributed by atoms with Crippen molar-refractivity contribution >= 4 is 8.80 Å². The van der Waals surface area contributed by atoms with Gasteiger partial charge < -0.3 is 0 Å². The number of hydrogen-bond acceptors (Lipinski definition) is 0. The SMILES string of the molecule is CCCCCCCCCCCCCCCCCC[Si](CCCCCCCCCCCCCCCCCC)CCCCCCCCCCCCCCCCCC. The van der Waals surface area contributed by atoms with Gasteiger partial charge in [-0.1, -0.05) is 347 Å². The summed E-state index contributed by atoms with van der Waals surface area (Å²) in [5.74, 6) is 0. The van der Waals surface area contributed by atoms with E-state index in [1.807, 2.05) is 0 Å². The summed E-state index contributed by atoms with van der Waals surface area (Å²) in [4.78, 5) is 0. The molecule has 0 aliphatic rings. The highest BCUT2D eigenvalue weighted by Crippen LogP contribution is 2.22. The van der Waals surface area contributed by atoms with Gasteiger partial charge in [0.05, 0.1) is 0 Å². The number of hydrogen-bond donors (Lipinski definition) is 0. The molecule has 0 aliphatic carbocycles. The molecular weight excluding hydrogens is 677 g/mol. The first-order valence-corrected chi connectivity index (χ1v) is 29.3. The third kappa shape index (κ3) is 50.3. The molecule has 0 fully saturated rings. The van der Waals surface area contributed by atoms with Gasteiger partial charge in [-0.05, 0) is 0 Å². The van der Waals surface area contributed by atoms with Crippen LogP contribution in [0.2, 0.25) is 18.1 Å². The van der Waals surface area contributed by atoms with Crippen LogP contribution in [-0.4, -0.2) is 8.80 Å². The van der Waals surface area contributed by atoms with Crippen LogP contribution in [0.5, 0.6) is 0 Å². The molecule has 0 bridgehead atoms. The number of unbranched alkanes of at least 4 members (excludes halogenated alkanes) is 45. The average Bonchev–Trinajstić information content (AvgIpc) is 3.20. The van der Waals surface area contributed by atoms with Gasteiger partial charge in [0.2, 0.25) is 0 Å². The molecule has 0 saturated heterocycles. The Labute approximate surface area is 354 Å². The molecule has 0 heterocycles. The Kier molecular flexibility index (Phi) is 52.4. The second kappa shape index (κ2) is 52.2. The van der Waals surface area contributed by atoms with Gasteiger partial charge in [-0.3, -0.25) is 0 Å². The second-order valence-corrected chi connectivity index (χ2v) is 21.9. The lowest BCUT2D eigenvalue weighted by Crippen LogP contribution is -2.12. The second-order valence-electron chi connectivity index (χ2n) is 18.9. The molecule has 0 aromatic rings. The standard InChI is InChI=1S/C54H111Si/c1-4-7-10-13-16-19-22-25-28-31-34-37-40-43-46-49-52-55(53-50-47-44-41-38-35-32-29-26-23-20-17-14-11-8-5-2)54-51-48-45-42-39-36-33-30-27-24-21-18-15-12-9-6-3/h4-54H2,1-3H3. The van der Waals surface area contributed by atoms with E-state index in [1.165, 1.54) is 289 Å². The minimum absolute atomic E-state index is 0.101. The van der Waals surface area contributed by atoms with Gasteiger partial charge in [-0.15, -0.1) is 0 Å². The van der Waals surface area contributed by atoms with Crippen molar-refractivity contribution in [1.82, 2.24) is 0 Å². The zero-order valence-corrected chi connectivity index (χ0v) is 40.6. The predicted octanol–water partition coefficient (Wildman–Crippen LogP) is 21.3. The molecule has 0 N–H and O–H groups in total. The molecule has 0 aromatic carbocycles. The number of rotatable bonds is 51. The summed E-state index contributed by atoms with van der Waals surface area (Å²) < 4.78 is 0. The van der Waals surface area contributed by atoms with Gasteiger partial charge in [0, 0.05) is 8.80 Å². The van der Waals surface area contributed by atoms with E-state index in [9.17, 15) is 0 Å². The zero-order chi connectivity index (χ0) is 39.6. The van der Waals surface area contributed by atoms with Crippen LogP contribution in [0.15, 0.2) is 0 Å². The first-order valence-electron chi connectivity index (χ1n) is 27.2. The molecule has 0 atom stereocenters. The Bertz CT molecular complexity index is 543. The summed E-state index contributed by atoms with van der Waals surface area (Å²) in [5, 5.41) is 0. The summed E-state index contributed by atoms with van der Waals surface area (Å²) in [5.41, 5.74) is 0. The van der Waals surface area contributed by atoms with E-state index >= 15 is 0 Å². The van der Waals surface area contributed by atoms with Crippen LogP contribution in [0.1, 0.15) is 329 Å².